The fourth-order valence-corrected chi connectivity index (χ4v) is 6.24. The average molecular weight is 573 g/mol. The van der Waals surface area contributed by atoms with Gasteiger partial charge in [-0.05, 0) is 64.1 Å². The zero-order valence-electron chi connectivity index (χ0n) is 23.4. The van der Waals surface area contributed by atoms with E-state index in [2.05, 4.69) is 0 Å². The summed E-state index contributed by atoms with van der Waals surface area (Å²) in [4.78, 5) is 0. The van der Waals surface area contributed by atoms with E-state index in [9.17, 15) is 0 Å². The van der Waals surface area contributed by atoms with E-state index in [0.29, 0.717) is 34.2 Å². The van der Waals surface area contributed by atoms with Crippen molar-refractivity contribution in [3.8, 4) is 23.0 Å². The van der Waals surface area contributed by atoms with Crippen molar-refractivity contribution in [2.45, 2.75) is 63.1 Å². The number of furan rings is 2. The molecule has 10 nitrogen and oxygen atoms in total. The van der Waals surface area contributed by atoms with Crippen LogP contribution in [0.3, 0.4) is 0 Å². The topological polar surface area (TPSA) is 100 Å². The number of hydrogen-bond donors (Lipinski definition) is 0. The van der Waals surface area contributed by atoms with Crippen LogP contribution >= 0.6 is 0 Å². The highest BCUT2D eigenvalue weighted by molar-refractivity contribution is 5.91. The zero-order chi connectivity index (χ0) is 28.5. The van der Waals surface area contributed by atoms with E-state index in [4.69, 9.17) is 46.7 Å². The highest BCUT2D eigenvalue weighted by atomic mass is 16.9. The minimum absolute atomic E-state index is 0.113. The van der Waals surface area contributed by atoms with Gasteiger partial charge in [-0.1, -0.05) is 0 Å². The number of rotatable bonds is 0. The van der Waals surface area contributed by atoms with Gasteiger partial charge < -0.3 is 46.7 Å². The lowest BCUT2D eigenvalue weighted by Gasteiger charge is -2.31. The molecular formula is C32H28O10. The van der Waals surface area contributed by atoms with Crippen molar-refractivity contribution >= 4 is 34.1 Å². The smallest absolute Gasteiger partial charge is 0.350 e. The molecule has 2 spiro atoms. The normalized spacial score (nSPS) is 31.4. The molecule has 9 rings (SSSR count). The van der Waals surface area contributed by atoms with E-state index >= 15 is 0 Å². The maximum absolute atomic E-state index is 6.52. The Kier molecular flexibility index (Phi) is 4.63. The van der Waals surface area contributed by atoms with Crippen molar-refractivity contribution in [2.75, 3.05) is 13.2 Å². The Hall–Kier alpha value is -3.96. The molecule has 42 heavy (non-hydrogen) atoms. The van der Waals surface area contributed by atoms with Crippen molar-refractivity contribution in [2.24, 2.45) is 0 Å². The molecule has 0 aliphatic carbocycles. The predicted octanol–water partition coefficient (Wildman–Crippen LogP) is 6.16. The van der Waals surface area contributed by atoms with E-state index in [1.54, 1.807) is 24.7 Å². The molecule has 2 aromatic carbocycles. The standard InChI is InChI=1S/C32H28O10/c1-29(2)21-15-35-27-23-19(7-11-33-23)14-18-6-10-32(40-26(18)27)38-22(30(3,4)42-32)16-36-28-24-20(8-12-34-24)13-17-5-9-31(37-21,41-29)39-25(17)28/h5-14,21-22H,15-16H2,1-4H3/t21-,22-,31+,32+/m1/s1. The molecule has 2 aromatic heterocycles. The van der Waals surface area contributed by atoms with Gasteiger partial charge in [-0.2, -0.15) is 0 Å². The molecule has 2 fully saturated rings. The van der Waals surface area contributed by atoms with Gasteiger partial charge in [0, 0.05) is 34.1 Å². The molecule has 7 heterocycles. The third-order valence-electron chi connectivity index (χ3n) is 8.52. The van der Waals surface area contributed by atoms with Gasteiger partial charge in [0.2, 0.25) is 11.5 Å². The van der Waals surface area contributed by atoms with Crippen molar-refractivity contribution in [1.29, 1.82) is 0 Å². The van der Waals surface area contributed by atoms with Crippen LogP contribution < -0.4 is 18.9 Å². The summed E-state index contributed by atoms with van der Waals surface area (Å²) >= 11 is 0. The Bertz CT molecular complexity index is 1710. The van der Waals surface area contributed by atoms with Crippen LogP contribution in [0.4, 0.5) is 0 Å². The van der Waals surface area contributed by atoms with E-state index in [1.165, 1.54) is 0 Å². The zero-order valence-corrected chi connectivity index (χ0v) is 23.4. The van der Waals surface area contributed by atoms with Gasteiger partial charge in [0.1, 0.15) is 25.4 Å². The molecule has 0 N–H and O–H groups in total. The van der Waals surface area contributed by atoms with Crippen LogP contribution in [0.2, 0.25) is 0 Å². The van der Waals surface area contributed by atoms with Gasteiger partial charge in [-0.25, -0.2) is 0 Å². The van der Waals surface area contributed by atoms with Crippen LogP contribution in [0.25, 0.3) is 34.1 Å². The molecule has 0 amide bonds. The Morgan fingerprint density at radius 3 is 1.52 bits per heavy atom. The molecule has 5 aliphatic heterocycles. The second-order valence-electron chi connectivity index (χ2n) is 12.2. The first-order chi connectivity index (χ1) is 20.1. The van der Waals surface area contributed by atoms with Crippen LogP contribution in [-0.4, -0.2) is 48.6 Å². The lowest BCUT2D eigenvalue weighted by molar-refractivity contribution is -0.273. The monoisotopic (exact) mass is 572 g/mol. The number of hydrogen-bond acceptors (Lipinski definition) is 10. The third-order valence-corrected chi connectivity index (χ3v) is 8.52. The predicted molar refractivity (Wildman–Crippen MR) is 148 cm³/mol. The van der Waals surface area contributed by atoms with Gasteiger partial charge in [-0.3, -0.25) is 0 Å². The summed E-state index contributed by atoms with van der Waals surface area (Å²) in [5.41, 5.74) is 1.10. The highest BCUT2D eigenvalue weighted by Crippen LogP contribution is 2.52. The van der Waals surface area contributed by atoms with Gasteiger partial charge in [0.25, 0.3) is 0 Å². The fourth-order valence-electron chi connectivity index (χ4n) is 6.24. The molecule has 2 saturated heterocycles. The third kappa shape index (κ3) is 3.40. The molecule has 4 aromatic rings. The van der Waals surface area contributed by atoms with Crippen molar-refractivity contribution in [1.82, 2.24) is 0 Å². The van der Waals surface area contributed by atoms with Gasteiger partial charge in [0.05, 0.1) is 23.7 Å². The Morgan fingerprint density at radius 2 is 1.07 bits per heavy atom. The maximum Gasteiger partial charge on any atom is 0.350 e. The van der Waals surface area contributed by atoms with Crippen LogP contribution in [0.1, 0.15) is 38.8 Å². The number of fused-ring (bicyclic) bond motifs is 6. The summed E-state index contributed by atoms with van der Waals surface area (Å²) in [5, 5.41) is 1.74. The summed E-state index contributed by atoms with van der Waals surface area (Å²) < 4.78 is 63.6. The van der Waals surface area contributed by atoms with E-state index in [1.807, 2.05) is 64.1 Å². The Labute approximate surface area is 240 Å². The molecule has 216 valence electrons. The summed E-state index contributed by atoms with van der Waals surface area (Å²) in [6.45, 7) is 7.96. The average Bonchev–Trinajstić information content (AvgIpc) is 3.69. The molecule has 0 radical (unpaired) electrons. The SMILES string of the molecule is CC1(C)O[C@]23C=Cc4cc5ccoc5c(c4O2)OC[C@H]2O[C@]4(C=Cc5cc6ccoc6c(c5O4)OC[C@H]1O3)OC2(C)C. The molecule has 5 aliphatic rings. The quantitative estimate of drug-likeness (QED) is 0.244. The summed E-state index contributed by atoms with van der Waals surface area (Å²) in [6.07, 6.45) is 9.52. The first kappa shape index (κ1) is 24.6. The molecule has 4 atom stereocenters. The summed E-state index contributed by atoms with van der Waals surface area (Å²) in [6, 6.07) is 7.71. The minimum Gasteiger partial charge on any atom is -0.483 e. The lowest BCUT2D eigenvalue weighted by atomic mass is 10.0. The summed E-state index contributed by atoms with van der Waals surface area (Å²) in [5.74, 6) is -1.29. The Balaban J connectivity index is 1.21. The molecule has 10 heteroatoms. The van der Waals surface area contributed by atoms with Crippen LogP contribution in [0.5, 0.6) is 23.0 Å². The van der Waals surface area contributed by atoms with Crippen LogP contribution in [-0.2, 0) is 18.9 Å². The van der Waals surface area contributed by atoms with Crippen LogP contribution in [0.15, 0.2) is 57.8 Å². The molecule has 0 saturated carbocycles. The second kappa shape index (κ2) is 7.90. The highest BCUT2D eigenvalue weighted by Gasteiger charge is 2.57. The molecular weight excluding hydrogens is 544 g/mol. The van der Waals surface area contributed by atoms with E-state index < -0.39 is 35.4 Å². The van der Waals surface area contributed by atoms with Crippen molar-refractivity contribution in [3.05, 3.63) is 60.1 Å². The van der Waals surface area contributed by atoms with Crippen molar-refractivity contribution < 1.29 is 46.7 Å². The first-order valence-corrected chi connectivity index (χ1v) is 14.0. The Morgan fingerprint density at radius 1 is 0.619 bits per heavy atom. The number of ether oxygens (including phenoxy) is 8. The van der Waals surface area contributed by atoms with Gasteiger partial charge >= 0.3 is 11.9 Å². The second-order valence-corrected chi connectivity index (χ2v) is 12.2. The minimum atomic E-state index is -1.50. The van der Waals surface area contributed by atoms with Gasteiger partial charge in [0.15, 0.2) is 22.7 Å². The fraction of sp³-hybridized carbons (Fsp3) is 0.375. The maximum atomic E-state index is 6.52. The molecule has 0 unspecified atom stereocenters. The number of benzene rings is 2. The first-order valence-electron chi connectivity index (χ1n) is 14.0. The van der Waals surface area contributed by atoms with Crippen molar-refractivity contribution in [3.63, 3.8) is 0 Å². The lowest BCUT2D eigenvalue weighted by Crippen LogP contribution is -2.40. The van der Waals surface area contributed by atoms with Gasteiger partial charge in [-0.15, -0.1) is 0 Å². The van der Waals surface area contributed by atoms with E-state index in [-0.39, 0.29) is 13.2 Å². The van der Waals surface area contributed by atoms with Crippen LogP contribution in [0, 0.1) is 0 Å². The van der Waals surface area contributed by atoms with E-state index in [0.717, 1.165) is 21.9 Å². The molecule has 6 bridgehead atoms. The largest absolute Gasteiger partial charge is 0.483 e. The summed E-state index contributed by atoms with van der Waals surface area (Å²) in [7, 11) is 0.